The third kappa shape index (κ3) is 16.2. The Balaban J connectivity index is 0.975. The van der Waals surface area contributed by atoms with E-state index in [9.17, 15) is 147 Å². The van der Waals surface area contributed by atoms with Crippen LogP contribution in [0.4, 0.5) is 0 Å². The number of carboxylic acid groups (broad SMARTS) is 3. The summed E-state index contributed by atoms with van der Waals surface area (Å²) in [6, 6.07) is 0. The lowest BCUT2D eigenvalue weighted by atomic mass is 9.94. The highest BCUT2D eigenvalue weighted by Gasteiger charge is 2.62. The molecule has 0 aromatic heterocycles. The molecule has 46 nitrogen and oxygen atoms in total. The standard InChI is InChI=1S/C54H86O46/c1-7-32(91-48-24(69)16(61)13(58)10(4-55)87-48)20(65)27(72)47(84-7)94-36-21(66)28(73)51(99-41(36)44(79)80)98-39-31(76)34(93-50-26(71)18(63)15(60)12(6-57)89-50)9(3)86-54(39)96-37-22(67)29(74)52(100-42(37)45(81)82)97-38-30(75)33(92-49-25(70)17(62)14(59)11(5-56)88-49)8(2)85-53(38)95-35-19(64)23(68)46(83)90-40(35)43(77)78/h7-42,46-76,83H,4-6H2,1-3H3,(H,77,78)(H,79,80)(H,81,82)/t7-,8-,9-,10+,11+,12+,13-,14-,15-,16-,17-,18-,19+,20-,21+,22+,23+,24+,25+,26+,27+,28+,29+,30+,31+,32-,33-,34-,35+,36+,37+,38+,39+,40-,41-,42-,46+,47-,48-,49-,50-,51-,52-,53-,54-/m0/s1. The molecule has 9 fully saturated rings. The summed E-state index contributed by atoms with van der Waals surface area (Å²) in [7, 11) is 0. The fourth-order valence-corrected chi connectivity index (χ4v) is 12.8. The highest BCUT2D eigenvalue weighted by molar-refractivity contribution is 5.74. The van der Waals surface area contributed by atoms with Gasteiger partial charge in [0, 0.05) is 0 Å². The fraction of sp³-hybridized carbons (Fsp3) is 0.944. The smallest absolute Gasteiger partial charge is 0.335 e. The second kappa shape index (κ2) is 33.3. The van der Waals surface area contributed by atoms with Crippen molar-refractivity contribution >= 4 is 17.9 Å². The van der Waals surface area contributed by atoms with Crippen LogP contribution in [-0.2, 0) is 94.9 Å². The fourth-order valence-electron chi connectivity index (χ4n) is 12.8. The van der Waals surface area contributed by atoms with E-state index < -0.39 is 314 Å². The Morgan fingerprint density at radius 1 is 0.240 bits per heavy atom. The Morgan fingerprint density at radius 2 is 0.460 bits per heavy atom. The number of hydrogen-bond acceptors (Lipinski definition) is 43. The van der Waals surface area contributed by atoms with Crippen LogP contribution in [0.15, 0.2) is 0 Å². The van der Waals surface area contributed by atoms with Crippen LogP contribution in [0.25, 0.3) is 0 Å². The van der Waals surface area contributed by atoms with Gasteiger partial charge >= 0.3 is 17.9 Å². The number of aliphatic hydroxyl groups excluding tert-OH is 23. The van der Waals surface area contributed by atoms with Crippen molar-refractivity contribution < 1.29 is 228 Å². The van der Waals surface area contributed by atoms with E-state index in [1.54, 1.807) is 0 Å². The van der Waals surface area contributed by atoms with Crippen molar-refractivity contribution in [2.24, 2.45) is 0 Å². The Kier molecular flexibility index (Phi) is 26.9. The van der Waals surface area contributed by atoms with E-state index in [1.807, 2.05) is 0 Å². The van der Waals surface area contributed by atoms with E-state index in [4.69, 9.17) is 80.5 Å². The molecule has 0 radical (unpaired) electrons. The van der Waals surface area contributed by atoms with Crippen molar-refractivity contribution in [1.82, 2.24) is 0 Å². The van der Waals surface area contributed by atoms with Crippen molar-refractivity contribution in [2.45, 2.75) is 297 Å². The van der Waals surface area contributed by atoms with E-state index in [0.29, 0.717) is 0 Å². The van der Waals surface area contributed by atoms with Crippen LogP contribution in [-0.4, -0.2) is 447 Å². The quantitative estimate of drug-likeness (QED) is 0.0479. The minimum atomic E-state index is -2.71. The largest absolute Gasteiger partial charge is 0.479 e. The van der Waals surface area contributed by atoms with Gasteiger partial charge in [-0.1, -0.05) is 0 Å². The van der Waals surface area contributed by atoms with E-state index >= 15 is 0 Å². The molecule has 0 aromatic carbocycles. The third-order valence-electron chi connectivity index (χ3n) is 18.5. The zero-order valence-electron chi connectivity index (χ0n) is 52.4. The van der Waals surface area contributed by atoms with Gasteiger partial charge in [0.05, 0.1) is 38.1 Å². The molecule has 9 heterocycles. The SMILES string of the molecule is C[C@@H]1O[C@@H](O[C@@H]2[C@H](O)[C@@H](O)[C@H](O)O[C@@H]2C(=O)O)[C@H](O[C@H]2O[C@H](C(=O)O)[C@H](O[C@@H]3O[C@@H](C)[C@H](O[C@@H]4O[C@H](CO)[C@H](O)[C@H](O)[C@H]4O)[C@@H](O)[C@H]3O[C@H]3O[C@H](C(=O)O)[C@H](O[C@@H]4O[C@@H](C)[C@H](O[C@@H]5O[C@H](CO)[C@H](O)[C@H](O)[C@H]5O)[C@@H](O)[C@H]4O)[C@H](O)[C@H]3O)[C@H](O)[C@H]2O)[C@H](O)[C@H]1O[C@@H]1O[C@H](CO)[C@H](O)[C@H](O)[C@H]1O. The van der Waals surface area contributed by atoms with Crippen LogP contribution in [0.2, 0.25) is 0 Å². The average Bonchev–Trinajstić information content (AvgIpc) is 0.764. The molecule has 0 spiro atoms. The summed E-state index contributed by atoms with van der Waals surface area (Å²) in [5, 5.41) is 281. The summed E-state index contributed by atoms with van der Waals surface area (Å²) >= 11 is 0. The van der Waals surface area contributed by atoms with Crippen molar-refractivity contribution in [3.05, 3.63) is 0 Å². The van der Waals surface area contributed by atoms with Crippen LogP contribution >= 0.6 is 0 Å². The van der Waals surface area contributed by atoms with Gasteiger partial charge in [-0.15, -0.1) is 0 Å². The molecule has 26 N–H and O–H groups in total. The first-order valence-electron chi connectivity index (χ1n) is 31.2. The summed E-state index contributed by atoms with van der Waals surface area (Å²) in [5.41, 5.74) is 0. The second-order valence-electron chi connectivity index (χ2n) is 25.2. The minimum absolute atomic E-state index is 0.887. The summed E-state index contributed by atoms with van der Waals surface area (Å²) < 4.78 is 96.0. The Labute approximate surface area is 561 Å². The number of hydrogen-bond donors (Lipinski definition) is 26. The molecule has 9 saturated heterocycles. The van der Waals surface area contributed by atoms with E-state index in [0.717, 1.165) is 13.8 Å². The predicted molar refractivity (Wildman–Crippen MR) is 294 cm³/mol. The highest BCUT2D eigenvalue weighted by Crippen LogP contribution is 2.41. The van der Waals surface area contributed by atoms with Crippen molar-refractivity contribution in [3.63, 3.8) is 0 Å². The summed E-state index contributed by atoms with van der Waals surface area (Å²) in [6.45, 7) is 0.547. The molecular weight excluding hydrogens is 1380 g/mol. The van der Waals surface area contributed by atoms with Gasteiger partial charge in [-0.05, 0) is 20.8 Å². The molecule has 0 bridgehead atoms. The molecule has 100 heavy (non-hydrogen) atoms. The molecule has 0 aromatic rings. The van der Waals surface area contributed by atoms with Crippen LogP contribution in [0.1, 0.15) is 20.8 Å². The van der Waals surface area contributed by atoms with E-state index in [2.05, 4.69) is 0 Å². The monoisotopic (exact) mass is 1470 g/mol. The highest BCUT2D eigenvalue weighted by atomic mass is 16.8. The Hall–Kier alpha value is -3.19. The maximum Gasteiger partial charge on any atom is 0.335 e. The molecule has 9 aliphatic rings. The molecule has 0 saturated carbocycles. The van der Waals surface area contributed by atoms with Gasteiger partial charge in [0.25, 0.3) is 0 Å². The molecule has 9 rings (SSSR count). The van der Waals surface area contributed by atoms with Gasteiger partial charge in [0.2, 0.25) is 0 Å². The number of aliphatic hydroxyl groups is 23. The lowest BCUT2D eigenvalue weighted by Crippen LogP contribution is -2.69. The van der Waals surface area contributed by atoms with Crippen LogP contribution in [0, 0.1) is 0 Å². The lowest BCUT2D eigenvalue weighted by molar-refractivity contribution is -0.410. The average molecular weight is 1470 g/mol. The molecule has 0 aliphatic carbocycles. The van der Waals surface area contributed by atoms with Crippen molar-refractivity contribution in [3.8, 4) is 0 Å². The number of ether oxygens (including phenoxy) is 17. The number of carbonyl (C=O) groups is 3. The molecule has 9 aliphatic heterocycles. The van der Waals surface area contributed by atoms with Gasteiger partial charge in [0.1, 0.15) is 183 Å². The Morgan fingerprint density at radius 3 is 0.770 bits per heavy atom. The molecule has 0 unspecified atom stereocenters. The van der Waals surface area contributed by atoms with Crippen molar-refractivity contribution in [2.75, 3.05) is 19.8 Å². The molecule has 45 atom stereocenters. The zero-order chi connectivity index (χ0) is 73.9. The van der Waals surface area contributed by atoms with E-state index in [-0.39, 0.29) is 0 Å². The first-order valence-corrected chi connectivity index (χ1v) is 31.2. The normalized spacial score (nSPS) is 53.5. The van der Waals surface area contributed by atoms with Crippen molar-refractivity contribution in [1.29, 1.82) is 0 Å². The minimum Gasteiger partial charge on any atom is -0.479 e. The summed E-state index contributed by atoms with van der Waals surface area (Å²) in [6.07, 6.45) is -98.2. The summed E-state index contributed by atoms with van der Waals surface area (Å²) in [4.78, 5) is 38.8. The number of carboxylic acids is 3. The topological polar surface area (TPSA) is 734 Å². The van der Waals surface area contributed by atoms with E-state index in [1.165, 1.54) is 6.92 Å². The summed E-state index contributed by atoms with van der Waals surface area (Å²) in [5.74, 6) is -6.11. The van der Waals surface area contributed by atoms with Crippen LogP contribution in [0.5, 0.6) is 0 Å². The molecular formula is C54H86O46. The maximum atomic E-state index is 13.3. The van der Waals surface area contributed by atoms with Crippen LogP contribution < -0.4 is 0 Å². The second-order valence-corrected chi connectivity index (χ2v) is 25.2. The van der Waals surface area contributed by atoms with Gasteiger partial charge in [-0.2, -0.15) is 0 Å². The maximum absolute atomic E-state index is 13.3. The molecule has 578 valence electrons. The first kappa shape index (κ1) is 80.9. The van der Waals surface area contributed by atoms with Gasteiger partial charge < -0.3 is 213 Å². The van der Waals surface area contributed by atoms with Crippen LogP contribution in [0.3, 0.4) is 0 Å². The third-order valence-corrected chi connectivity index (χ3v) is 18.5. The predicted octanol–water partition coefficient (Wildman–Crippen LogP) is -17.3. The number of aliphatic carboxylic acids is 3. The van der Waals surface area contributed by atoms with Gasteiger partial charge in [0.15, 0.2) is 74.9 Å². The Bertz CT molecular complexity index is 2650. The zero-order valence-corrected chi connectivity index (χ0v) is 52.4. The first-order chi connectivity index (χ1) is 47.0. The lowest BCUT2D eigenvalue weighted by Gasteiger charge is -2.51. The number of rotatable bonds is 22. The molecule has 0 amide bonds. The molecule has 46 heteroatoms. The van der Waals surface area contributed by atoms with Gasteiger partial charge in [-0.3, -0.25) is 0 Å². The van der Waals surface area contributed by atoms with Gasteiger partial charge in [-0.25, -0.2) is 14.4 Å².